The quantitative estimate of drug-likeness (QED) is 0.686. The van der Waals surface area contributed by atoms with Crippen molar-refractivity contribution in [1.82, 2.24) is 5.32 Å². The first kappa shape index (κ1) is 16.4. The Morgan fingerprint density at radius 3 is 2.29 bits per heavy atom. The Morgan fingerprint density at radius 2 is 1.82 bits per heavy atom. The van der Waals surface area contributed by atoms with Gasteiger partial charge < -0.3 is 10.4 Å². The molecule has 0 fully saturated rings. The van der Waals surface area contributed by atoms with Gasteiger partial charge in [-0.05, 0) is 31.1 Å². The van der Waals surface area contributed by atoms with Crippen LogP contribution in [0.2, 0.25) is 0 Å². The normalized spacial score (nSPS) is 15.6. The van der Waals surface area contributed by atoms with Crippen LogP contribution in [0, 0.1) is 22.7 Å². The summed E-state index contributed by atoms with van der Waals surface area (Å²) in [7, 11) is 0. The third-order valence-electron chi connectivity index (χ3n) is 2.87. The zero-order valence-electron chi connectivity index (χ0n) is 12.0. The van der Waals surface area contributed by atoms with E-state index >= 15 is 0 Å². The molecule has 0 bridgehead atoms. The summed E-state index contributed by atoms with van der Waals surface area (Å²) in [5.74, 6) is 0.499. The van der Waals surface area contributed by atoms with Gasteiger partial charge in [0.25, 0.3) is 0 Å². The fourth-order valence-corrected chi connectivity index (χ4v) is 2.10. The Bertz CT molecular complexity index is 251. The van der Waals surface area contributed by atoms with E-state index < -0.39 is 5.60 Å². The number of nitrogens with one attached hydrogen (secondary N) is 1. The highest BCUT2D eigenvalue weighted by atomic mass is 16.3. The van der Waals surface area contributed by atoms with E-state index in [1.807, 2.05) is 6.92 Å². The van der Waals surface area contributed by atoms with Crippen LogP contribution in [0.4, 0.5) is 0 Å². The molecular weight excluding hydrogens is 212 g/mol. The zero-order chi connectivity index (χ0) is 13.5. The Labute approximate surface area is 106 Å². The summed E-state index contributed by atoms with van der Waals surface area (Å²) in [5.41, 5.74) is -0.525. The van der Waals surface area contributed by atoms with Crippen molar-refractivity contribution in [1.29, 1.82) is 5.26 Å². The molecule has 0 heterocycles. The Morgan fingerprint density at radius 1 is 1.24 bits per heavy atom. The van der Waals surface area contributed by atoms with Crippen molar-refractivity contribution >= 4 is 0 Å². The van der Waals surface area contributed by atoms with Crippen LogP contribution in [0.1, 0.15) is 53.9 Å². The summed E-state index contributed by atoms with van der Waals surface area (Å²) < 4.78 is 0. The third kappa shape index (κ3) is 9.14. The average Bonchev–Trinajstić information content (AvgIpc) is 2.11. The van der Waals surface area contributed by atoms with Crippen LogP contribution in [0.5, 0.6) is 0 Å². The maximum Gasteiger partial charge on any atom is 0.0746 e. The standard InChI is InChI=1S/C14H28N2O/c1-12(2)9-14(5,17)11-16-10-13(3,4)7-6-8-15/h12,16-17H,6-7,9-11H2,1-5H3. The molecule has 3 nitrogen and oxygen atoms in total. The van der Waals surface area contributed by atoms with Crippen LogP contribution in [0.15, 0.2) is 0 Å². The predicted molar refractivity (Wildman–Crippen MR) is 71.6 cm³/mol. The van der Waals surface area contributed by atoms with Crippen LogP contribution in [-0.4, -0.2) is 23.8 Å². The molecule has 17 heavy (non-hydrogen) atoms. The highest BCUT2D eigenvalue weighted by Crippen LogP contribution is 2.21. The first-order chi connectivity index (χ1) is 7.68. The summed E-state index contributed by atoms with van der Waals surface area (Å²) in [6.45, 7) is 11.9. The van der Waals surface area contributed by atoms with Crippen LogP contribution < -0.4 is 5.32 Å². The molecule has 0 spiro atoms. The number of hydrogen-bond donors (Lipinski definition) is 2. The minimum absolute atomic E-state index is 0.115. The molecule has 0 aliphatic carbocycles. The molecule has 0 rings (SSSR count). The highest BCUT2D eigenvalue weighted by Gasteiger charge is 2.23. The van der Waals surface area contributed by atoms with Crippen molar-refractivity contribution in [2.45, 2.75) is 59.5 Å². The van der Waals surface area contributed by atoms with Gasteiger partial charge in [-0.15, -0.1) is 0 Å². The second-order valence-corrected chi connectivity index (χ2v) is 6.52. The second kappa shape index (κ2) is 6.98. The Hall–Kier alpha value is -0.590. The minimum atomic E-state index is -0.639. The molecule has 0 aromatic rings. The van der Waals surface area contributed by atoms with Gasteiger partial charge in [0.05, 0.1) is 11.7 Å². The van der Waals surface area contributed by atoms with Gasteiger partial charge in [-0.2, -0.15) is 5.26 Å². The lowest BCUT2D eigenvalue weighted by Crippen LogP contribution is -2.42. The lowest BCUT2D eigenvalue weighted by atomic mass is 9.87. The first-order valence-corrected chi connectivity index (χ1v) is 6.49. The molecule has 0 aromatic heterocycles. The van der Waals surface area contributed by atoms with Crippen molar-refractivity contribution in [3.05, 3.63) is 0 Å². The number of aliphatic hydroxyl groups is 1. The second-order valence-electron chi connectivity index (χ2n) is 6.52. The van der Waals surface area contributed by atoms with Crippen molar-refractivity contribution in [2.75, 3.05) is 13.1 Å². The molecule has 100 valence electrons. The Balaban J connectivity index is 3.93. The van der Waals surface area contributed by atoms with Crippen LogP contribution in [-0.2, 0) is 0 Å². The molecule has 0 aliphatic heterocycles. The third-order valence-corrected chi connectivity index (χ3v) is 2.87. The van der Waals surface area contributed by atoms with Gasteiger partial charge in [0.15, 0.2) is 0 Å². The smallest absolute Gasteiger partial charge is 0.0746 e. The molecule has 0 saturated heterocycles. The number of nitrogens with zero attached hydrogens (tertiary/aromatic N) is 1. The molecule has 0 aliphatic rings. The molecule has 0 radical (unpaired) electrons. The monoisotopic (exact) mass is 240 g/mol. The summed E-state index contributed by atoms with van der Waals surface area (Å²) >= 11 is 0. The van der Waals surface area contributed by atoms with Crippen molar-refractivity contribution < 1.29 is 5.11 Å². The SMILES string of the molecule is CC(C)CC(C)(O)CNCC(C)(C)CCC#N. The molecule has 0 aromatic carbocycles. The summed E-state index contributed by atoms with van der Waals surface area (Å²) in [4.78, 5) is 0. The molecule has 2 N–H and O–H groups in total. The predicted octanol–water partition coefficient (Wildman–Crippen LogP) is 2.70. The first-order valence-electron chi connectivity index (χ1n) is 6.49. The number of rotatable bonds is 8. The van der Waals surface area contributed by atoms with Gasteiger partial charge in [0.1, 0.15) is 0 Å². The van der Waals surface area contributed by atoms with E-state index in [0.29, 0.717) is 18.9 Å². The van der Waals surface area contributed by atoms with Gasteiger partial charge in [-0.25, -0.2) is 0 Å². The van der Waals surface area contributed by atoms with E-state index in [0.717, 1.165) is 19.4 Å². The van der Waals surface area contributed by atoms with E-state index in [9.17, 15) is 5.11 Å². The number of nitriles is 1. The molecule has 3 heteroatoms. The largest absolute Gasteiger partial charge is 0.389 e. The zero-order valence-corrected chi connectivity index (χ0v) is 12.0. The number of hydrogen-bond acceptors (Lipinski definition) is 3. The van der Waals surface area contributed by atoms with Crippen LogP contribution in [0.3, 0.4) is 0 Å². The van der Waals surface area contributed by atoms with Gasteiger partial charge in [-0.1, -0.05) is 27.7 Å². The van der Waals surface area contributed by atoms with E-state index in [2.05, 4.69) is 39.1 Å². The topological polar surface area (TPSA) is 56.0 Å². The highest BCUT2D eigenvalue weighted by molar-refractivity contribution is 4.82. The lowest BCUT2D eigenvalue weighted by Gasteiger charge is -2.29. The maximum atomic E-state index is 10.1. The summed E-state index contributed by atoms with van der Waals surface area (Å²) in [5, 5.41) is 22.0. The van der Waals surface area contributed by atoms with E-state index in [-0.39, 0.29) is 5.41 Å². The molecule has 0 saturated carbocycles. The molecule has 1 unspecified atom stereocenters. The lowest BCUT2D eigenvalue weighted by molar-refractivity contribution is 0.0363. The van der Waals surface area contributed by atoms with Gasteiger partial charge >= 0.3 is 0 Å². The van der Waals surface area contributed by atoms with Gasteiger partial charge in [-0.3, -0.25) is 0 Å². The van der Waals surface area contributed by atoms with Gasteiger partial charge in [0, 0.05) is 19.5 Å². The van der Waals surface area contributed by atoms with Crippen LogP contribution >= 0.6 is 0 Å². The fourth-order valence-electron chi connectivity index (χ4n) is 2.10. The van der Waals surface area contributed by atoms with Crippen LogP contribution in [0.25, 0.3) is 0 Å². The van der Waals surface area contributed by atoms with Crippen molar-refractivity contribution in [2.24, 2.45) is 11.3 Å². The Kier molecular flexibility index (Phi) is 6.74. The summed E-state index contributed by atoms with van der Waals surface area (Å²) in [6.07, 6.45) is 2.29. The van der Waals surface area contributed by atoms with E-state index in [1.54, 1.807) is 0 Å². The summed E-state index contributed by atoms with van der Waals surface area (Å²) in [6, 6.07) is 2.18. The molecule has 1 atom stereocenters. The van der Waals surface area contributed by atoms with Crippen molar-refractivity contribution in [3.8, 4) is 6.07 Å². The maximum absolute atomic E-state index is 10.1. The van der Waals surface area contributed by atoms with E-state index in [1.165, 1.54) is 0 Å². The van der Waals surface area contributed by atoms with Crippen molar-refractivity contribution in [3.63, 3.8) is 0 Å². The average molecular weight is 240 g/mol. The molecular formula is C14H28N2O. The van der Waals surface area contributed by atoms with Gasteiger partial charge in [0.2, 0.25) is 0 Å². The fraction of sp³-hybridized carbons (Fsp3) is 0.929. The molecule has 0 amide bonds. The van der Waals surface area contributed by atoms with E-state index in [4.69, 9.17) is 5.26 Å². The minimum Gasteiger partial charge on any atom is -0.389 e.